The van der Waals surface area contributed by atoms with E-state index in [1.165, 1.54) is 36.3 Å². The molecule has 0 bridgehead atoms. The van der Waals surface area contributed by atoms with Crippen LogP contribution < -0.4 is 4.65 Å². The van der Waals surface area contributed by atoms with Crippen molar-refractivity contribution in [2.45, 2.75) is 0 Å². The number of fused-ring (bicyclic) bond motifs is 7. The minimum Gasteiger partial charge on any atom is -0.538 e. The van der Waals surface area contributed by atoms with Gasteiger partial charge in [-0.3, -0.25) is 0 Å². The lowest BCUT2D eigenvalue weighted by Gasteiger charge is -2.09. The molecule has 1 heterocycles. The monoisotopic (exact) mass is 328 g/mol. The molecule has 24 heavy (non-hydrogen) atoms. The fourth-order valence-corrected chi connectivity index (χ4v) is 4.73. The molecule has 0 amide bonds. The van der Waals surface area contributed by atoms with Gasteiger partial charge in [-0.2, -0.15) is 0 Å². The molecule has 2 nitrogen and oxygen atoms in total. The molecule has 4 aromatic carbocycles. The lowest BCUT2D eigenvalue weighted by molar-refractivity contribution is 0.457. The van der Waals surface area contributed by atoms with Crippen LogP contribution in [0.2, 0.25) is 0 Å². The Kier molecular flexibility index (Phi) is 3.02. The summed E-state index contributed by atoms with van der Waals surface area (Å²) in [6.07, 6.45) is 0. The first-order chi connectivity index (χ1) is 11.9. The van der Waals surface area contributed by atoms with E-state index in [-0.39, 0.29) is 7.69 Å². The highest BCUT2D eigenvalue weighted by Gasteiger charge is 2.14. The van der Waals surface area contributed by atoms with Crippen molar-refractivity contribution in [1.82, 2.24) is 0 Å². The van der Waals surface area contributed by atoms with Gasteiger partial charge in [0.15, 0.2) is 0 Å². The molecule has 0 fully saturated rings. The molecule has 4 heteroatoms. The van der Waals surface area contributed by atoms with Crippen LogP contribution in [0.1, 0.15) is 0 Å². The predicted molar refractivity (Wildman–Crippen MR) is 104 cm³/mol. The van der Waals surface area contributed by atoms with Gasteiger partial charge in [0.05, 0.1) is 0 Å². The minimum absolute atomic E-state index is 0.316. The molecule has 0 saturated carbocycles. The molecular weight excluding hydrogens is 315 g/mol. The fourth-order valence-electron chi connectivity index (χ4n) is 3.56. The Balaban J connectivity index is 2.07. The van der Waals surface area contributed by atoms with Crippen LogP contribution in [0.25, 0.3) is 41.7 Å². The van der Waals surface area contributed by atoms with Gasteiger partial charge in [0, 0.05) is 25.6 Å². The van der Waals surface area contributed by atoms with Crippen molar-refractivity contribution in [3.8, 4) is 5.75 Å². The molecule has 0 aliphatic rings. The molecule has 0 unspecified atom stereocenters. The van der Waals surface area contributed by atoms with E-state index in [4.69, 9.17) is 4.65 Å². The second kappa shape index (κ2) is 5.23. The van der Waals surface area contributed by atoms with Crippen LogP contribution in [-0.2, 0) is 0 Å². The average molecular weight is 328 g/mol. The Labute approximate surface area is 143 Å². The quantitative estimate of drug-likeness (QED) is 0.462. The Morgan fingerprint density at radius 2 is 1.46 bits per heavy atom. The summed E-state index contributed by atoms with van der Waals surface area (Å²) in [7, 11) is -0.316. The Morgan fingerprint density at radius 3 is 2.29 bits per heavy atom. The smallest absolute Gasteiger partial charge is 0.504 e. The second-order valence-electron chi connectivity index (χ2n) is 5.83. The van der Waals surface area contributed by atoms with Gasteiger partial charge in [-0.25, -0.2) is 0 Å². The first-order valence-corrected chi connectivity index (χ1v) is 8.68. The third-order valence-corrected chi connectivity index (χ3v) is 5.65. The molecule has 0 radical (unpaired) electrons. The molecule has 1 N–H and O–H groups in total. The van der Waals surface area contributed by atoms with Gasteiger partial charge in [0.25, 0.3) is 0 Å². The molecule has 1 aromatic heterocycles. The summed E-state index contributed by atoms with van der Waals surface area (Å²) in [6.45, 7) is 0. The van der Waals surface area contributed by atoms with E-state index in [2.05, 4.69) is 48.5 Å². The van der Waals surface area contributed by atoms with Gasteiger partial charge in [0.2, 0.25) is 0 Å². The number of hydrogen-bond donors (Lipinski definition) is 1. The van der Waals surface area contributed by atoms with Gasteiger partial charge in [0.1, 0.15) is 5.75 Å². The third kappa shape index (κ3) is 1.87. The Hall–Kier alpha value is -2.56. The van der Waals surface area contributed by atoms with E-state index >= 15 is 0 Å². The van der Waals surface area contributed by atoms with Gasteiger partial charge < -0.3 is 9.68 Å². The zero-order valence-corrected chi connectivity index (χ0v) is 13.6. The molecule has 0 saturated heterocycles. The summed E-state index contributed by atoms with van der Waals surface area (Å²) < 4.78 is 7.93. The highest BCUT2D eigenvalue weighted by Crippen LogP contribution is 2.44. The molecule has 114 valence electrons. The van der Waals surface area contributed by atoms with Crippen molar-refractivity contribution in [2.24, 2.45) is 0 Å². The second-order valence-corrected chi connectivity index (χ2v) is 6.91. The largest absolute Gasteiger partial charge is 0.538 e. The maximum absolute atomic E-state index is 9.21. The van der Waals surface area contributed by atoms with E-state index in [9.17, 15) is 5.02 Å². The van der Waals surface area contributed by atoms with Crippen molar-refractivity contribution < 1.29 is 9.68 Å². The fraction of sp³-hybridized carbons (Fsp3) is 0. The minimum atomic E-state index is -0.316. The Morgan fingerprint density at radius 1 is 0.750 bits per heavy atom. The van der Waals surface area contributed by atoms with Gasteiger partial charge in [-0.05, 0) is 28.3 Å². The summed E-state index contributed by atoms with van der Waals surface area (Å²) >= 11 is 1.77. The van der Waals surface area contributed by atoms with Crippen LogP contribution >= 0.6 is 11.3 Å². The van der Waals surface area contributed by atoms with E-state index in [1.807, 2.05) is 18.2 Å². The van der Waals surface area contributed by atoms with Crippen molar-refractivity contribution in [2.75, 3.05) is 0 Å². The lowest BCUT2D eigenvalue weighted by atomic mass is 9.99. The molecular formula is C20H13BO2S. The number of rotatable bonds is 2. The standard InChI is InChI=1S/C20H13BO2S/c22-21-23-16-11-18-20(15-8-4-3-7-14(15)16)19-13-6-2-1-5-12(13)9-10-17(19)24-18/h1-11,21-22H. The summed E-state index contributed by atoms with van der Waals surface area (Å²) in [6, 6.07) is 23.2. The maximum atomic E-state index is 9.21. The Bertz CT molecular complexity index is 1230. The number of benzene rings is 4. The normalized spacial score (nSPS) is 11.5. The predicted octanol–water partition coefficient (Wildman–Crippen LogP) is 5.00. The van der Waals surface area contributed by atoms with Gasteiger partial charge in [-0.15, -0.1) is 11.3 Å². The zero-order chi connectivity index (χ0) is 16.1. The van der Waals surface area contributed by atoms with Crippen LogP contribution in [0, 0.1) is 0 Å². The average Bonchev–Trinajstić information content (AvgIpc) is 3.01. The van der Waals surface area contributed by atoms with E-state index in [0.717, 1.165) is 11.1 Å². The van der Waals surface area contributed by atoms with E-state index < -0.39 is 0 Å². The number of thiophene rings is 1. The van der Waals surface area contributed by atoms with Crippen LogP contribution in [0.5, 0.6) is 5.75 Å². The topological polar surface area (TPSA) is 29.5 Å². The third-order valence-electron chi connectivity index (χ3n) is 4.55. The first-order valence-electron chi connectivity index (χ1n) is 7.86. The molecule has 0 aliphatic heterocycles. The lowest BCUT2D eigenvalue weighted by Crippen LogP contribution is -2.00. The summed E-state index contributed by atoms with van der Waals surface area (Å²) in [5.74, 6) is 0.733. The van der Waals surface area contributed by atoms with Crippen molar-refractivity contribution in [3.63, 3.8) is 0 Å². The van der Waals surface area contributed by atoms with Crippen molar-refractivity contribution in [3.05, 3.63) is 66.7 Å². The van der Waals surface area contributed by atoms with Crippen LogP contribution in [0.15, 0.2) is 66.7 Å². The van der Waals surface area contributed by atoms with Crippen LogP contribution in [-0.4, -0.2) is 12.7 Å². The van der Waals surface area contributed by atoms with Gasteiger partial charge in [-0.1, -0.05) is 54.6 Å². The van der Waals surface area contributed by atoms with Gasteiger partial charge >= 0.3 is 7.69 Å². The van der Waals surface area contributed by atoms with Crippen LogP contribution in [0.4, 0.5) is 0 Å². The molecule has 5 rings (SSSR count). The first kappa shape index (κ1) is 13.8. The molecule has 5 aromatic rings. The summed E-state index contributed by atoms with van der Waals surface area (Å²) in [5, 5.41) is 16.5. The number of hydrogen-bond acceptors (Lipinski definition) is 3. The maximum Gasteiger partial charge on any atom is 0.504 e. The van der Waals surface area contributed by atoms with E-state index in [1.54, 1.807) is 11.3 Å². The molecule has 0 atom stereocenters. The zero-order valence-electron chi connectivity index (χ0n) is 12.8. The molecule has 0 spiro atoms. The van der Waals surface area contributed by atoms with E-state index in [0.29, 0.717) is 0 Å². The SMILES string of the molecule is OBOc1cc2sc3ccc4ccccc4c3c2c2ccccc12. The van der Waals surface area contributed by atoms with Crippen molar-refractivity contribution >= 4 is 60.7 Å². The highest BCUT2D eigenvalue weighted by atomic mass is 32.1. The van der Waals surface area contributed by atoms with Crippen LogP contribution in [0.3, 0.4) is 0 Å². The summed E-state index contributed by atoms with van der Waals surface area (Å²) in [5.41, 5.74) is 0. The highest BCUT2D eigenvalue weighted by molar-refractivity contribution is 7.26. The molecule has 0 aliphatic carbocycles. The van der Waals surface area contributed by atoms with Crippen molar-refractivity contribution in [1.29, 1.82) is 0 Å². The summed E-state index contributed by atoms with van der Waals surface area (Å²) in [4.78, 5) is 0.